The molecule has 1 heterocycles. The number of carbonyl (C=O) groups is 1. The van der Waals surface area contributed by atoms with Gasteiger partial charge >= 0.3 is 5.97 Å². The fourth-order valence-corrected chi connectivity index (χ4v) is 9.80. The average molecular weight is 460 g/mol. The number of fused-ring (bicyclic) bond motifs is 5. The van der Waals surface area contributed by atoms with Gasteiger partial charge in [0.15, 0.2) is 0 Å². The lowest BCUT2D eigenvalue weighted by atomic mass is 9.42. The van der Waals surface area contributed by atoms with Gasteiger partial charge in [0.1, 0.15) is 6.61 Å². The smallest absolute Gasteiger partial charge is 0.330 e. The summed E-state index contributed by atoms with van der Waals surface area (Å²) >= 11 is 0. The van der Waals surface area contributed by atoms with E-state index in [1.54, 1.807) is 6.08 Å². The summed E-state index contributed by atoms with van der Waals surface area (Å²) < 4.78 is 5.48. The molecule has 186 valence electrons. The fourth-order valence-electron chi connectivity index (χ4n) is 9.80. The first-order valence-corrected chi connectivity index (χ1v) is 13.5. The Morgan fingerprint density at radius 1 is 1.06 bits per heavy atom. The third kappa shape index (κ3) is 3.39. The lowest BCUT2D eigenvalue weighted by molar-refractivity contribution is -0.215. The van der Waals surface area contributed by atoms with Gasteiger partial charge in [-0.1, -0.05) is 26.8 Å². The highest BCUT2D eigenvalue weighted by Gasteiger charge is 2.69. The summed E-state index contributed by atoms with van der Waals surface area (Å²) in [6, 6.07) is 0.584. The van der Waals surface area contributed by atoms with E-state index in [9.17, 15) is 15.0 Å². The molecule has 4 fully saturated rings. The Kier molecular flexibility index (Phi) is 5.82. The maximum absolute atomic E-state index is 12.5. The van der Waals surface area contributed by atoms with Crippen molar-refractivity contribution in [1.82, 2.24) is 4.90 Å². The standard InChI is InChI=1S/C28H45NO4/c1-25(11-10-24(31)33-18-25)23-9-14-28(32)22-6-5-19-17-20(29(4)15-16-30)7-12-26(19,2)21(22)8-13-27(23,28)3/h10-11,19-23,30,32H,5-9,12-18H2,1-4H3/t19-,20?,21+,22-,23-,25?,26+,27-,28+/m1/s1. The Labute approximate surface area is 199 Å². The predicted octanol–water partition coefficient (Wildman–Crippen LogP) is 4.17. The summed E-state index contributed by atoms with van der Waals surface area (Å²) in [4.78, 5) is 14.0. The van der Waals surface area contributed by atoms with Crippen LogP contribution in [0.15, 0.2) is 12.2 Å². The van der Waals surface area contributed by atoms with Crippen LogP contribution < -0.4 is 0 Å². The van der Waals surface area contributed by atoms with Crippen molar-refractivity contribution in [2.45, 2.75) is 90.2 Å². The van der Waals surface area contributed by atoms with E-state index >= 15 is 0 Å². The second-order valence-corrected chi connectivity index (χ2v) is 13.0. The third-order valence-electron chi connectivity index (χ3n) is 11.8. The van der Waals surface area contributed by atoms with Crippen LogP contribution in [-0.4, -0.2) is 59.5 Å². The third-order valence-corrected chi connectivity index (χ3v) is 11.8. The van der Waals surface area contributed by atoms with Crippen LogP contribution in [0.5, 0.6) is 0 Å². The largest absolute Gasteiger partial charge is 0.462 e. The van der Waals surface area contributed by atoms with Crippen LogP contribution in [-0.2, 0) is 9.53 Å². The zero-order valence-corrected chi connectivity index (χ0v) is 21.2. The van der Waals surface area contributed by atoms with Gasteiger partial charge in [-0.2, -0.15) is 0 Å². The van der Waals surface area contributed by atoms with Crippen molar-refractivity contribution in [3.05, 3.63) is 12.2 Å². The molecule has 2 N–H and O–H groups in total. The minimum atomic E-state index is -0.614. The molecule has 0 aromatic heterocycles. The number of nitrogens with zero attached hydrogens (tertiary/aromatic N) is 1. The highest BCUT2D eigenvalue weighted by Crippen LogP contribution is 2.71. The maximum Gasteiger partial charge on any atom is 0.330 e. The molecule has 9 atom stereocenters. The Balaban J connectivity index is 1.38. The van der Waals surface area contributed by atoms with Gasteiger partial charge in [-0.05, 0) is 93.9 Å². The lowest BCUT2D eigenvalue weighted by Gasteiger charge is -2.64. The first kappa shape index (κ1) is 23.8. The van der Waals surface area contributed by atoms with Crippen molar-refractivity contribution in [3.8, 4) is 0 Å². The molecule has 0 aromatic rings. The summed E-state index contributed by atoms with van der Waals surface area (Å²) in [5, 5.41) is 21.9. The highest BCUT2D eigenvalue weighted by atomic mass is 16.5. The van der Waals surface area contributed by atoms with Crippen molar-refractivity contribution >= 4 is 5.97 Å². The fraction of sp³-hybridized carbons (Fsp3) is 0.893. The average Bonchev–Trinajstić information content (AvgIpc) is 3.07. The Hall–Kier alpha value is -0.910. The van der Waals surface area contributed by atoms with Crippen molar-refractivity contribution in [2.75, 3.05) is 26.8 Å². The molecule has 0 bridgehead atoms. The number of aliphatic hydroxyl groups excluding tert-OH is 1. The van der Waals surface area contributed by atoms with Gasteiger partial charge in [-0.25, -0.2) is 4.79 Å². The minimum Gasteiger partial charge on any atom is -0.462 e. The van der Waals surface area contributed by atoms with Gasteiger partial charge in [-0.3, -0.25) is 0 Å². The molecule has 5 aliphatic rings. The summed E-state index contributed by atoms with van der Waals surface area (Å²) in [6.45, 7) is 8.56. The SMILES string of the molecule is CN(CCO)C1CC[C@@]2(C)[C@H](CC[C@@H]3[C@@H]2CC[C@]2(C)[C@@H](C4(C)C=CC(=O)OC4)CC[C@]32O)C1. The molecule has 4 saturated carbocycles. The number of cyclic esters (lactones) is 1. The molecule has 4 aliphatic carbocycles. The zero-order chi connectivity index (χ0) is 23.6. The summed E-state index contributed by atoms with van der Waals surface area (Å²) in [5.74, 6) is 1.81. The summed E-state index contributed by atoms with van der Waals surface area (Å²) in [5.41, 5.74) is -0.606. The van der Waals surface area contributed by atoms with Crippen LogP contribution in [0.4, 0.5) is 0 Å². The molecule has 0 saturated heterocycles. The van der Waals surface area contributed by atoms with E-state index in [2.05, 4.69) is 38.8 Å². The zero-order valence-electron chi connectivity index (χ0n) is 21.2. The maximum atomic E-state index is 12.5. The van der Waals surface area contributed by atoms with E-state index in [1.165, 1.54) is 32.1 Å². The second kappa shape index (κ2) is 8.06. The lowest BCUT2D eigenvalue weighted by Crippen LogP contribution is -2.63. The van der Waals surface area contributed by atoms with Crippen LogP contribution in [0.1, 0.15) is 78.6 Å². The van der Waals surface area contributed by atoms with Gasteiger partial charge in [0, 0.05) is 29.5 Å². The molecular weight excluding hydrogens is 414 g/mol. The van der Waals surface area contributed by atoms with Crippen molar-refractivity contribution in [3.63, 3.8) is 0 Å². The molecule has 0 aromatic carbocycles. The van der Waals surface area contributed by atoms with Gasteiger partial charge in [0.25, 0.3) is 0 Å². The number of rotatable bonds is 4. The van der Waals surface area contributed by atoms with E-state index in [4.69, 9.17) is 4.74 Å². The van der Waals surface area contributed by atoms with Crippen molar-refractivity contribution in [2.24, 2.45) is 39.9 Å². The summed E-state index contributed by atoms with van der Waals surface area (Å²) in [7, 11) is 2.17. The molecule has 1 aliphatic heterocycles. The number of esters is 1. The molecule has 5 rings (SSSR count). The monoisotopic (exact) mass is 459 g/mol. The number of hydrogen-bond donors (Lipinski definition) is 2. The van der Waals surface area contributed by atoms with Crippen LogP contribution in [0, 0.1) is 39.9 Å². The molecule has 0 spiro atoms. The minimum absolute atomic E-state index is 0.126. The number of likely N-dealkylation sites (N-methyl/N-ethyl adjacent to an activating group) is 1. The van der Waals surface area contributed by atoms with E-state index < -0.39 is 5.60 Å². The van der Waals surface area contributed by atoms with Crippen LogP contribution >= 0.6 is 0 Å². The van der Waals surface area contributed by atoms with E-state index in [0.717, 1.165) is 38.1 Å². The van der Waals surface area contributed by atoms with E-state index in [0.29, 0.717) is 35.8 Å². The topological polar surface area (TPSA) is 70.0 Å². The van der Waals surface area contributed by atoms with Crippen LogP contribution in [0.3, 0.4) is 0 Å². The molecule has 0 radical (unpaired) electrons. The van der Waals surface area contributed by atoms with E-state index in [-0.39, 0.29) is 23.4 Å². The quantitative estimate of drug-likeness (QED) is 0.618. The van der Waals surface area contributed by atoms with Crippen molar-refractivity contribution < 1.29 is 19.7 Å². The molecule has 5 heteroatoms. The molecule has 2 unspecified atom stereocenters. The first-order chi connectivity index (χ1) is 15.6. The molecular formula is C28H45NO4. The first-order valence-electron chi connectivity index (χ1n) is 13.5. The molecule has 33 heavy (non-hydrogen) atoms. The Morgan fingerprint density at radius 3 is 2.55 bits per heavy atom. The van der Waals surface area contributed by atoms with Gasteiger partial charge < -0.3 is 19.8 Å². The van der Waals surface area contributed by atoms with Gasteiger partial charge in [0.2, 0.25) is 0 Å². The highest BCUT2D eigenvalue weighted by molar-refractivity contribution is 5.83. The van der Waals surface area contributed by atoms with Crippen molar-refractivity contribution in [1.29, 1.82) is 0 Å². The number of aliphatic hydroxyl groups is 2. The van der Waals surface area contributed by atoms with Gasteiger partial charge in [0.05, 0.1) is 12.2 Å². The molecule has 5 nitrogen and oxygen atoms in total. The normalized spacial score (nSPS) is 51.6. The number of ether oxygens (including phenoxy) is 1. The Bertz CT molecular complexity index is 814. The van der Waals surface area contributed by atoms with Crippen LogP contribution in [0.25, 0.3) is 0 Å². The van der Waals surface area contributed by atoms with Gasteiger partial charge in [-0.15, -0.1) is 0 Å². The Morgan fingerprint density at radius 2 is 1.85 bits per heavy atom. The van der Waals surface area contributed by atoms with E-state index in [1.807, 2.05) is 0 Å². The molecule has 0 amide bonds. The predicted molar refractivity (Wildman–Crippen MR) is 128 cm³/mol. The summed E-state index contributed by atoms with van der Waals surface area (Å²) in [6.07, 6.45) is 13.9. The second-order valence-electron chi connectivity index (χ2n) is 13.0. The number of carbonyl (C=O) groups excluding carboxylic acids is 1. The van der Waals surface area contributed by atoms with Crippen LogP contribution in [0.2, 0.25) is 0 Å². The number of hydrogen-bond acceptors (Lipinski definition) is 5.